The Balaban J connectivity index is 2.18. The Morgan fingerprint density at radius 1 is 0.833 bits per heavy atom. The van der Waals surface area contributed by atoms with Crippen LogP contribution in [0.2, 0.25) is 0 Å². The van der Waals surface area contributed by atoms with E-state index in [4.69, 9.17) is 4.74 Å². The number of benzene rings is 3. The first kappa shape index (κ1) is 15.6. The molecule has 0 aliphatic heterocycles. The van der Waals surface area contributed by atoms with Crippen molar-refractivity contribution in [3.63, 3.8) is 0 Å². The number of fused-ring (bicyclic) bond motifs is 3. The minimum Gasteiger partial charge on any atom is -0.496 e. The van der Waals surface area contributed by atoms with Gasteiger partial charge in [0.15, 0.2) is 0 Å². The fraction of sp³-hybridized carbons (Fsp3) is 0.100. The summed E-state index contributed by atoms with van der Waals surface area (Å²) in [5, 5.41) is 3.84. The van der Waals surface area contributed by atoms with Gasteiger partial charge in [0, 0.05) is 16.1 Å². The number of rotatable bonds is 3. The maximum atomic E-state index is 5.66. The van der Waals surface area contributed by atoms with E-state index in [9.17, 15) is 0 Å². The van der Waals surface area contributed by atoms with Crippen LogP contribution >= 0.6 is 16.5 Å². The summed E-state index contributed by atoms with van der Waals surface area (Å²) in [6.45, 7) is 2.25. The van der Waals surface area contributed by atoms with Gasteiger partial charge in [-0.3, -0.25) is 0 Å². The number of nitrogens with zero attached hydrogens (tertiary/aromatic N) is 1. The highest BCUT2D eigenvalue weighted by molar-refractivity contribution is 8.17. The molecule has 2 atom stereocenters. The quantitative estimate of drug-likeness (QED) is 0.456. The Bertz CT molecular complexity index is 983. The summed E-state index contributed by atoms with van der Waals surface area (Å²) >= 11 is 0. The minimum atomic E-state index is -0.388. The second-order valence-electron chi connectivity index (χ2n) is 5.81. The first-order valence-electron chi connectivity index (χ1n) is 7.86. The van der Waals surface area contributed by atoms with Gasteiger partial charge in [-0.05, 0) is 30.9 Å². The van der Waals surface area contributed by atoms with Crippen LogP contribution in [-0.4, -0.2) is 18.3 Å². The Morgan fingerprint density at radius 2 is 1.42 bits per heavy atom. The van der Waals surface area contributed by atoms with Crippen molar-refractivity contribution < 1.29 is 4.74 Å². The minimum absolute atomic E-state index is 0.388. The molecule has 120 valence electrons. The Hall–Kier alpha value is -1.88. The molecular formula is C20H19NOP2. The zero-order chi connectivity index (χ0) is 16.7. The SMILES string of the molecule is COc1cccc(-n2c3ccccc3c3ccccc32)c1P(C)P. The molecule has 0 amide bonds. The van der Waals surface area contributed by atoms with Crippen molar-refractivity contribution in [1.29, 1.82) is 0 Å². The number of hydrogen-bond donors (Lipinski definition) is 0. The zero-order valence-electron chi connectivity index (χ0n) is 13.7. The molecular weight excluding hydrogens is 332 g/mol. The Kier molecular flexibility index (Phi) is 4.04. The third-order valence-corrected chi connectivity index (χ3v) is 6.30. The molecule has 3 aromatic carbocycles. The fourth-order valence-electron chi connectivity index (χ4n) is 3.39. The summed E-state index contributed by atoms with van der Waals surface area (Å²) in [4.78, 5) is 0. The molecule has 2 nitrogen and oxygen atoms in total. The van der Waals surface area contributed by atoms with Crippen molar-refractivity contribution in [1.82, 2.24) is 4.57 Å². The van der Waals surface area contributed by atoms with E-state index in [0.717, 1.165) is 5.75 Å². The second kappa shape index (κ2) is 6.20. The van der Waals surface area contributed by atoms with E-state index in [1.165, 1.54) is 32.8 Å². The fourth-order valence-corrected chi connectivity index (χ4v) is 5.22. The molecule has 0 radical (unpaired) electrons. The van der Waals surface area contributed by atoms with Gasteiger partial charge >= 0.3 is 0 Å². The molecule has 0 spiro atoms. The summed E-state index contributed by atoms with van der Waals surface area (Å²) in [6.07, 6.45) is 0. The normalized spacial score (nSPS) is 12.6. The Labute approximate surface area is 145 Å². The average molecular weight is 351 g/mol. The lowest BCUT2D eigenvalue weighted by molar-refractivity contribution is 0.418. The lowest BCUT2D eigenvalue weighted by Crippen LogP contribution is -2.12. The van der Waals surface area contributed by atoms with E-state index in [1.807, 2.05) is 0 Å². The van der Waals surface area contributed by atoms with Crippen molar-refractivity contribution in [2.75, 3.05) is 13.8 Å². The molecule has 1 heterocycles. The summed E-state index contributed by atoms with van der Waals surface area (Å²) < 4.78 is 8.03. The summed E-state index contributed by atoms with van der Waals surface area (Å²) in [5.74, 6) is 0.956. The number of hydrogen-bond acceptors (Lipinski definition) is 1. The van der Waals surface area contributed by atoms with E-state index in [-0.39, 0.29) is 7.61 Å². The molecule has 0 aliphatic rings. The highest BCUT2D eigenvalue weighted by atomic mass is 32.0. The lowest BCUT2D eigenvalue weighted by atomic mass is 10.2. The molecule has 2 unspecified atom stereocenters. The van der Waals surface area contributed by atoms with E-state index >= 15 is 0 Å². The van der Waals surface area contributed by atoms with Gasteiger partial charge in [-0.1, -0.05) is 50.1 Å². The highest BCUT2D eigenvalue weighted by Crippen LogP contribution is 2.45. The van der Waals surface area contributed by atoms with Crippen LogP contribution in [0.4, 0.5) is 0 Å². The molecule has 4 rings (SSSR count). The van der Waals surface area contributed by atoms with Crippen LogP contribution in [0.1, 0.15) is 0 Å². The summed E-state index contributed by atoms with van der Waals surface area (Å²) in [5.41, 5.74) is 3.67. The van der Waals surface area contributed by atoms with E-state index in [0.29, 0.717) is 0 Å². The van der Waals surface area contributed by atoms with Gasteiger partial charge in [-0.25, -0.2) is 0 Å². The van der Waals surface area contributed by atoms with Crippen molar-refractivity contribution >= 4 is 43.6 Å². The van der Waals surface area contributed by atoms with Gasteiger partial charge in [0.1, 0.15) is 5.75 Å². The van der Waals surface area contributed by atoms with Gasteiger partial charge in [-0.2, -0.15) is 0 Å². The average Bonchev–Trinajstić information content (AvgIpc) is 2.95. The molecule has 0 fully saturated rings. The van der Waals surface area contributed by atoms with Crippen LogP contribution in [0, 0.1) is 0 Å². The van der Waals surface area contributed by atoms with Crippen LogP contribution in [-0.2, 0) is 0 Å². The van der Waals surface area contributed by atoms with Crippen molar-refractivity contribution in [2.45, 2.75) is 0 Å². The van der Waals surface area contributed by atoms with Crippen LogP contribution in [0.5, 0.6) is 5.75 Å². The zero-order valence-corrected chi connectivity index (χ0v) is 15.8. The van der Waals surface area contributed by atoms with Crippen molar-refractivity contribution in [3.8, 4) is 11.4 Å². The van der Waals surface area contributed by atoms with Crippen molar-refractivity contribution in [3.05, 3.63) is 66.7 Å². The second-order valence-corrected chi connectivity index (χ2v) is 9.80. The van der Waals surface area contributed by atoms with Gasteiger partial charge in [0.2, 0.25) is 0 Å². The van der Waals surface area contributed by atoms with E-state index in [2.05, 4.69) is 86.9 Å². The number of ether oxygens (including phenoxy) is 1. The maximum Gasteiger partial charge on any atom is 0.128 e. The van der Waals surface area contributed by atoms with Gasteiger partial charge < -0.3 is 9.30 Å². The number of methoxy groups -OCH3 is 1. The van der Waals surface area contributed by atoms with Gasteiger partial charge in [0.25, 0.3) is 0 Å². The molecule has 1 aromatic heterocycles. The molecule has 24 heavy (non-hydrogen) atoms. The highest BCUT2D eigenvalue weighted by Gasteiger charge is 2.18. The molecule has 0 N–H and O–H groups in total. The molecule has 0 saturated heterocycles. The largest absolute Gasteiger partial charge is 0.496 e. The first-order valence-corrected chi connectivity index (χ1v) is 11.3. The standard InChI is InChI=1S/C20H19NOP2/c1-22-19-13-7-12-18(20(19)24(2)23)21-16-10-5-3-8-14(16)15-9-4-6-11-17(15)21/h3-13H,23H2,1-2H3. The molecule has 0 aliphatic carbocycles. The van der Waals surface area contributed by atoms with Gasteiger partial charge in [0.05, 0.1) is 23.8 Å². The van der Waals surface area contributed by atoms with E-state index in [1.54, 1.807) is 7.11 Å². The van der Waals surface area contributed by atoms with Crippen LogP contribution in [0.3, 0.4) is 0 Å². The summed E-state index contributed by atoms with van der Waals surface area (Å²) in [6, 6.07) is 23.5. The predicted molar refractivity (Wildman–Crippen MR) is 110 cm³/mol. The number of aromatic nitrogens is 1. The summed E-state index contributed by atoms with van der Waals surface area (Å²) in [7, 11) is 4.32. The molecule has 0 bridgehead atoms. The third kappa shape index (κ3) is 2.34. The predicted octanol–water partition coefficient (Wildman–Crippen LogP) is 5.32. The monoisotopic (exact) mass is 351 g/mol. The lowest BCUT2D eigenvalue weighted by Gasteiger charge is -2.19. The topological polar surface area (TPSA) is 14.2 Å². The van der Waals surface area contributed by atoms with Crippen LogP contribution in [0.25, 0.3) is 27.5 Å². The maximum absolute atomic E-state index is 5.66. The third-order valence-electron chi connectivity index (χ3n) is 4.37. The van der Waals surface area contributed by atoms with Gasteiger partial charge in [-0.15, -0.1) is 8.93 Å². The first-order chi connectivity index (χ1) is 11.7. The molecule has 0 saturated carbocycles. The van der Waals surface area contributed by atoms with Crippen molar-refractivity contribution in [2.24, 2.45) is 0 Å². The van der Waals surface area contributed by atoms with Crippen LogP contribution < -0.4 is 10.0 Å². The Morgan fingerprint density at radius 3 is 1.96 bits per heavy atom. The molecule has 4 aromatic rings. The van der Waals surface area contributed by atoms with Crippen LogP contribution in [0.15, 0.2) is 66.7 Å². The molecule has 4 heteroatoms. The van der Waals surface area contributed by atoms with E-state index < -0.39 is 0 Å². The number of para-hydroxylation sites is 2. The smallest absolute Gasteiger partial charge is 0.128 e.